The molecule has 1 heterocycles. The SMILES string of the molecule is CC(C)(C)CC1CNC(C(=O)OC(C)(C)C)CC1(C#N)c1ccc(Cl)cc1. The number of carbonyl (C=O) groups excluding carboxylic acids is 1. The molecule has 1 aromatic carbocycles. The molecule has 0 amide bonds. The van der Waals surface area contributed by atoms with E-state index < -0.39 is 17.1 Å². The third-order valence-corrected chi connectivity index (χ3v) is 5.19. The van der Waals surface area contributed by atoms with Crippen LogP contribution in [0.4, 0.5) is 0 Å². The topological polar surface area (TPSA) is 62.1 Å². The maximum absolute atomic E-state index is 12.7. The van der Waals surface area contributed by atoms with Crippen LogP contribution in [-0.2, 0) is 14.9 Å². The lowest BCUT2D eigenvalue weighted by Crippen LogP contribution is -2.56. The fraction of sp³-hybridized carbons (Fsp3) is 0.636. The summed E-state index contributed by atoms with van der Waals surface area (Å²) < 4.78 is 5.57. The van der Waals surface area contributed by atoms with E-state index in [1.54, 1.807) is 0 Å². The first kappa shape index (κ1) is 21.7. The molecule has 1 N–H and O–H groups in total. The van der Waals surface area contributed by atoms with Crippen molar-refractivity contribution in [3.05, 3.63) is 34.9 Å². The average Bonchev–Trinajstić information content (AvgIpc) is 2.53. The summed E-state index contributed by atoms with van der Waals surface area (Å²) in [4.78, 5) is 12.7. The van der Waals surface area contributed by atoms with Crippen molar-refractivity contribution in [3.8, 4) is 6.07 Å². The Labute approximate surface area is 168 Å². The fourth-order valence-corrected chi connectivity index (χ4v) is 3.97. The lowest BCUT2D eigenvalue weighted by molar-refractivity contribution is -0.159. The summed E-state index contributed by atoms with van der Waals surface area (Å²) in [6.07, 6.45) is 1.26. The van der Waals surface area contributed by atoms with Gasteiger partial charge >= 0.3 is 5.97 Å². The van der Waals surface area contributed by atoms with Crippen molar-refractivity contribution < 1.29 is 9.53 Å². The van der Waals surface area contributed by atoms with Gasteiger partial charge in [0.25, 0.3) is 0 Å². The zero-order valence-corrected chi connectivity index (χ0v) is 18.0. The third-order valence-electron chi connectivity index (χ3n) is 4.94. The van der Waals surface area contributed by atoms with Crippen LogP contribution >= 0.6 is 11.6 Å². The number of hydrogen-bond acceptors (Lipinski definition) is 4. The zero-order chi connectivity index (χ0) is 20.5. The summed E-state index contributed by atoms with van der Waals surface area (Å²) in [7, 11) is 0. The number of rotatable bonds is 3. The Morgan fingerprint density at radius 1 is 1.26 bits per heavy atom. The van der Waals surface area contributed by atoms with Crippen LogP contribution in [0.15, 0.2) is 24.3 Å². The Bertz CT molecular complexity index is 710. The maximum atomic E-state index is 12.7. The van der Waals surface area contributed by atoms with E-state index in [0.29, 0.717) is 18.0 Å². The molecule has 27 heavy (non-hydrogen) atoms. The summed E-state index contributed by atoms with van der Waals surface area (Å²) in [6, 6.07) is 9.54. The highest BCUT2D eigenvalue weighted by Crippen LogP contribution is 2.44. The van der Waals surface area contributed by atoms with Gasteiger partial charge in [-0.3, -0.25) is 4.79 Å². The molecular formula is C22H31ClN2O2. The van der Waals surface area contributed by atoms with Gasteiger partial charge in [0.05, 0.1) is 11.5 Å². The molecule has 3 unspecified atom stereocenters. The van der Waals surface area contributed by atoms with Crippen molar-refractivity contribution in [2.24, 2.45) is 11.3 Å². The van der Waals surface area contributed by atoms with Crippen molar-refractivity contribution in [2.45, 2.75) is 71.4 Å². The molecular weight excluding hydrogens is 360 g/mol. The van der Waals surface area contributed by atoms with Crippen LogP contribution < -0.4 is 5.32 Å². The minimum Gasteiger partial charge on any atom is -0.459 e. The Balaban J connectivity index is 2.41. The number of hydrogen-bond donors (Lipinski definition) is 1. The third kappa shape index (κ3) is 5.46. The Morgan fingerprint density at radius 2 is 1.85 bits per heavy atom. The summed E-state index contributed by atoms with van der Waals surface area (Å²) >= 11 is 6.06. The minimum atomic E-state index is -0.759. The Morgan fingerprint density at radius 3 is 2.33 bits per heavy atom. The van der Waals surface area contributed by atoms with E-state index in [4.69, 9.17) is 16.3 Å². The first-order valence-electron chi connectivity index (χ1n) is 9.50. The molecule has 1 aliphatic heterocycles. The first-order valence-corrected chi connectivity index (χ1v) is 9.88. The second-order valence-corrected chi connectivity index (χ2v) is 10.2. The monoisotopic (exact) mass is 390 g/mol. The summed E-state index contributed by atoms with van der Waals surface area (Å²) in [6.45, 7) is 12.7. The number of nitrogens with zero attached hydrogens (tertiary/aromatic N) is 1. The van der Waals surface area contributed by atoms with E-state index in [1.807, 2.05) is 45.0 Å². The molecule has 3 atom stereocenters. The molecule has 0 aromatic heterocycles. The summed E-state index contributed by atoms with van der Waals surface area (Å²) in [5, 5.41) is 14.3. The molecule has 1 aromatic rings. The molecule has 0 spiro atoms. The molecule has 4 nitrogen and oxygen atoms in total. The number of piperidine rings is 1. The van der Waals surface area contributed by atoms with E-state index in [0.717, 1.165) is 12.0 Å². The first-order chi connectivity index (χ1) is 12.4. The molecule has 5 heteroatoms. The number of benzene rings is 1. The smallest absolute Gasteiger partial charge is 0.323 e. The normalized spacial score (nSPS) is 26.3. The fourth-order valence-electron chi connectivity index (χ4n) is 3.85. The van der Waals surface area contributed by atoms with Gasteiger partial charge in [0.15, 0.2) is 0 Å². The van der Waals surface area contributed by atoms with Gasteiger partial charge < -0.3 is 10.1 Å². The Kier molecular flexibility index (Phi) is 6.29. The quantitative estimate of drug-likeness (QED) is 0.749. The molecule has 1 aliphatic rings. The Hall–Kier alpha value is -1.57. The standard InChI is InChI=1S/C22H31ClN2O2/c1-20(2,3)11-16-13-25-18(19(26)27-21(4,5)6)12-22(16,14-24)15-7-9-17(23)10-8-15/h7-10,16,18,25H,11-13H2,1-6H3. The number of esters is 1. The second kappa shape index (κ2) is 7.81. The summed E-state index contributed by atoms with van der Waals surface area (Å²) in [5.74, 6) is -0.215. The highest BCUT2D eigenvalue weighted by atomic mass is 35.5. The van der Waals surface area contributed by atoms with Gasteiger partial charge in [0, 0.05) is 11.6 Å². The van der Waals surface area contributed by atoms with E-state index in [2.05, 4.69) is 32.2 Å². The zero-order valence-electron chi connectivity index (χ0n) is 17.2. The molecule has 148 valence electrons. The van der Waals surface area contributed by atoms with Gasteiger partial charge in [0.2, 0.25) is 0 Å². The van der Waals surface area contributed by atoms with Crippen LogP contribution in [0.3, 0.4) is 0 Å². The molecule has 0 saturated carbocycles. The van der Waals surface area contributed by atoms with Crippen LogP contribution in [0.2, 0.25) is 5.02 Å². The van der Waals surface area contributed by atoms with Crippen LogP contribution in [0.1, 0.15) is 59.9 Å². The highest BCUT2D eigenvalue weighted by molar-refractivity contribution is 6.30. The van der Waals surface area contributed by atoms with Crippen molar-refractivity contribution in [3.63, 3.8) is 0 Å². The minimum absolute atomic E-state index is 0.0691. The van der Waals surface area contributed by atoms with E-state index in [-0.39, 0.29) is 17.3 Å². The largest absolute Gasteiger partial charge is 0.459 e. The van der Waals surface area contributed by atoms with Crippen molar-refractivity contribution in [2.75, 3.05) is 6.54 Å². The van der Waals surface area contributed by atoms with Crippen molar-refractivity contribution in [1.29, 1.82) is 5.26 Å². The molecule has 1 saturated heterocycles. The van der Waals surface area contributed by atoms with Crippen molar-refractivity contribution >= 4 is 17.6 Å². The van der Waals surface area contributed by atoms with Crippen molar-refractivity contribution in [1.82, 2.24) is 5.32 Å². The lowest BCUT2D eigenvalue weighted by atomic mass is 9.61. The van der Waals surface area contributed by atoms with Crippen LogP contribution in [0.25, 0.3) is 0 Å². The van der Waals surface area contributed by atoms with Gasteiger partial charge in [-0.15, -0.1) is 0 Å². The lowest BCUT2D eigenvalue weighted by Gasteiger charge is -2.45. The average molecular weight is 391 g/mol. The van der Waals surface area contributed by atoms with Gasteiger partial charge in [-0.2, -0.15) is 5.26 Å². The van der Waals surface area contributed by atoms with Crippen LogP contribution in [-0.4, -0.2) is 24.2 Å². The van der Waals surface area contributed by atoms with Gasteiger partial charge in [0.1, 0.15) is 11.6 Å². The van der Waals surface area contributed by atoms with Crippen LogP contribution in [0, 0.1) is 22.7 Å². The van der Waals surface area contributed by atoms with Gasteiger partial charge in [-0.1, -0.05) is 44.5 Å². The molecule has 1 fully saturated rings. The van der Waals surface area contributed by atoms with Gasteiger partial charge in [-0.25, -0.2) is 0 Å². The number of halogens is 1. The predicted octanol–water partition coefficient (Wildman–Crippen LogP) is 4.86. The second-order valence-electron chi connectivity index (χ2n) is 9.75. The molecule has 2 rings (SSSR count). The van der Waals surface area contributed by atoms with E-state index >= 15 is 0 Å². The molecule has 0 bridgehead atoms. The maximum Gasteiger partial charge on any atom is 0.323 e. The van der Waals surface area contributed by atoms with Gasteiger partial charge in [-0.05, 0) is 62.6 Å². The molecule has 0 radical (unpaired) electrons. The highest BCUT2D eigenvalue weighted by Gasteiger charge is 2.49. The van der Waals surface area contributed by atoms with E-state index in [9.17, 15) is 10.1 Å². The number of nitriles is 1. The number of ether oxygens (including phenoxy) is 1. The molecule has 0 aliphatic carbocycles. The van der Waals surface area contributed by atoms with E-state index in [1.165, 1.54) is 0 Å². The van der Waals surface area contributed by atoms with Crippen LogP contribution in [0.5, 0.6) is 0 Å². The number of carbonyl (C=O) groups is 1. The summed E-state index contributed by atoms with van der Waals surface area (Å²) in [5.41, 5.74) is -0.334. The number of nitrogens with one attached hydrogen (secondary N) is 1. The predicted molar refractivity (Wildman–Crippen MR) is 109 cm³/mol.